The van der Waals surface area contributed by atoms with Crippen molar-refractivity contribution in [3.05, 3.63) is 10.4 Å². The summed E-state index contributed by atoms with van der Waals surface area (Å²) in [6, 6.07) is 0. The molecule has 0 spiro atoms. The molecule has 6 heteroatoms. The molecular weight excluding hydrogens is 184 g/mol. The molecule has 0 amide bonds. The minimum absolute atomic E-state index is 0.490. The SMILES string of the molecule is COCCN(CCN=[N+]=[N-])CCOC. The number of nitrogens with zero attached hydrogens (tertiary/aromatic N) is 4. The Balaban J connectivity index is 3.65. The highest BCUT2D eigenvalue weighted by atomic mass is 16.5. The van der Waals surface area contributed by atoms with Crippen LogP contribution in [0.5, 0.6) is 0 Å². The fraction of sp³-hybridized carbons (Fsp3) is 1.00. The zero-order chi connectivity index (χ0) is 10.6. The van der Waals surface area contributed by atoms with Crippen molar-refractivity contribution in [3.8, 4) is 0 Å². The molecule has 0 aliphatic carbocycles. The summed E-state index contributed by atoms with van der Waals surface area (Å²) in [5.74, 6) is 0. The Hall–Kier alpha value is -0.810. The van der Waals surface area contributed by atoms with E-state index in [2.05, 4.69) is 14.9 Å². The average molecular weight is 202 g/mol. The molecule has 0 aromatic rings. The van der Waals surface area contributed by atoms with Crippen LogP contribution < -0.4 is 0 Å². The van der Waals surface area contributed by atoms with E-state index in [4.69, 9.17) is 15.0 Å². The molecule has 0 N–H and O–H groups in total. The van der Waals surface area contributed by atoms with Crippen LogP contribution in [0.25, 0.3) is 10.4 Å². The molecule has 0 aliphatic rings. The molecule has 0 fully saturated rings. The molecule has 14 heavy (non-hydrogen) atoms. The van der Waals surface area contributed by atoms with E-state index in [1.165, 1.54) is 0 Å². The lowest BCUT2D eigenvalue weighted by Crippen LogP contribution is -2.32. The van der Waals surface area contributed by atoms with Crippen LogP contribution in [0.4, 0.5) is 0 Å². The molecule has 6 nitrogen and oxygen atoms in total. The lowest BCUT2D eigenvalue weighted by Gasteiger charge is -2.20. The molecular formula is C8H18N4O2. The van der Waals surface area contributed by atoms with Crippen LogP contribution in [0.1, 0.15) is 0 Å². The van der Waals surface area contributed by atoms with Crippen LogP contribution >= 0.6 is 0 Å². The Morgan fingerprint density at radius 2 is 1.71 bits per heavy atom. The first kappa shape index (κ1) is 13.2. The quantitative estimate of drug-likeness (QED) is 0.317. The summed E-state index contributed by atoms with van der Waals surface area (Å²) in [5, 5.41) is 3.49. The molecule has 0 saturated heterocycles. The van der Waals surface area contributed by atoms with Crippen molar-refractivity contribution in [1.29, 1.82) is 0 Å². The van der Waals surface area contributed by atoms with E-state index >= 15 is 0 Å². The van der Waals surface area contributed by atoms with Gasteiger partial charge >= 0.3 is 0 Å². The van der Waals surface area contributed by atoms with Gasteiger partial charge in [-0.15, -0.1) is 0 Å². The first-order valence-corrected chi connectivity index (χ1v) is 4.56. The minimum atomic E-state index is 0.490. The van der Waals surface area contributed by atoms with Gasteiger partial charge in [0.2, 0.25) is 0 Å². The third-order valence-corrected chi connectivity index (χ3v) is 1.80. The van der Waals surface area contributed by atoms with Crippen molar-refractivity contribution in [1.82, 2.24) is 4.90 Å². The molecule has 0 heterocycles. The molecule has 0 radical (unpaired) electrons. The van der Waals surface area contributed by atoms with Gasteiger partial charge in [0, 0.05) is 45.3 Å². The monoisotopic (exact) mass is 202 g/mol. The second kappa shape index (κ2) is 10.3. The summed E-state index contributed by atoms with van der Waals surface area (Å²) in [5.41, 5.74) is 8.12. The van der Waals surface area contributed by atoms with Crippen molar-refractivity contribution in [2.45, 2.75) is 0 Å². The fourth-order valence-corrected chi connectivity index (χ4v) is 1.01. The normalized spacial score (nSPS) is 10.2. The van der Waals surface area contributed by atoms with Gasteiger partial charge in [0.15, 0.2) is 0 Å². The maximum Gasteiger partial charge on any atom is 0.0589 e. The van der Waals surface area contributed by atoms with Gasteiger partial charge in [-0.2, -0.15) is 0 Å². The summed E-state index contributed by atoms with van der Waals surface area (Å²) in [4.78, 5) is 4.84. The highest BCUT2D eigenvalue weighted by Gasteiger charge is 2.02. The van der Waals surface area contributed by atoms with Crippen LogP contribution in [0.2, 0.25) is 0 Å². The molecule has 0 unspecified atom stereocenters. The number of hydrogen-bond donors (Lipinski definition) is 0. The molecule has 82 valence electrons. The Kier molecular flexibility index (Phi) is 9.68. The Bertz CT molecular complexity index is 163. The van der Waals surface area contributed by atoms with Gasteiger partial charge in [0.05, 0.1) is 13.2 Å². The van der Waals surface area contributed by atoms with Crippen molar-refractivity contribution in [2.24, 2.45) is 5.11 Å². The van der Waals surface area contributed by atoms with E-state index in [-0.39, 0.29) is 0 Å². The van der Waals surface area contributed by atoms with Crippen LogP contribution in [-0.4, -0.2) is 58.5 Å². The lowest BCUT2D eigenvalue weighted by molar-refractivity contribution is 0.116. The van der Waals surface area contributed by atoms with E-state index in [1.807, 2.05) is 0 Å². The van der Waals surface area contributed by atoms with E-state index in [0.29, 0.717) is 19.8 Å². The minimum Gasteiger partial charge on any atom is -0.383 e. The number of ether oxygens (including phenoxy) is 2. The average Bonchev–Trinajstić information content (AvgIpc) is 2.21. The van der Waals surface area contributed by atoms with Gasteiger partial charge in [-0.3, -0.25) is 4.90 Å². The van der Waals surface area contributed by atoms with Crippen LogP contribution in [-0.2, 0) is 9.47 Å². The van der Waals surface area contributed by atoms with E-state index < -0.39 is 0 Å². The van der Waals surface area contributed by atoms with Gasteiger partial charge < -0.3 is 9.47 Å². The predicted molar refractivity (Wildman–Crippen MR) is 54.2 cm³/mol. The molecule has 0 bridgehead atoms. The zero-order valence-corrected chi connectivity index (χ0v) is 8.85. The summed E-state index contributed by atoms with van der Waals surface area (Å²) < 4.78 is 9.95. The van der Waals surface area contributed by atoms with Crippen LogP contribution in [0.15, 0.2) is 5.11 Å². The highest BCUT2D eigenvalue weighted by Crippen LogP contribution is 1.89. The predicted octanol–water partition coefficient (Wildman–Crippen LogP) is 0.891. The van der Waals surface area contributed by atoms with Gasteiger partial charge in [-0.1, -0.05) is 5.11 Å². The van der Waals surface area contributed by atoms with Crippen LogP contribution in [0.3, 0.4) is 0 Å². The Morgan fingerprint density at radius 3 is 2.14 bits per heavy atom. The number of methoxy groups -OCH3 is 2. The molecule has 0 aliphatic heterocycles. The maximum absolute atomic E-state index is 8.12. The van der Waals surface area contributed by atoms with Gasteiger partial charge in [-0.05, 0) is 5.53 Å². The number of rotatable bonds is 9. The second-order valence-corrected chi connectivity index (χ2v) is 2.78. The number of azide groups is 1. The van der Waals surface area contributed by atoms with E-state index in [9.17, 15) is 0 Å². The standard InChI is InChI=1S/C8H18N4O2/c1-13-7-5-12(6-8-14-2)4-3-10-11-9/h3-8H2,1-2H3. The lowest BCUT2D eigenvalue weighted by atomic mass is 10.4. The topological polar surface area (TPSA) is 70.5 Å². The fourth-order valence-electron chi connectivity index (χ4n) is 1.01. The van der Waals surface area contributed by atoms with Crippen LogP contribution in [0, 0.1) is 0 Å². The zero-order valence-electron chi connectivity index (χ0n) is 8.85. The Labute approximate surface area is 84.4 Å². The van der Waals surface area contributed by atoms with Crippen molar-refractivity contribution >= 4 is 0 Å². The maximum atomic E-state index is 8.12. The second-order valence-electron chi connectivity index (χ2n) is 2.78. The largest absolute Gasteiger partial charge is 0.383 e. The van der Waals surface area contributed by atoms with Gasteiger partial charge in [0.1, 0.15) is 0 Å². The van der Waals surface area contributed by atoms with Crippen molar-refractivity contribution in [2.75, 3.05) is 53.6 Å². The third kappa shape index (κ3) is 7.82. The Morgan fingerprint density at radius 1 is 1.14 bits per heavy atom. The molecule has 0 aromatic heterocycles. The molecule has 0 atom stereocenters. The number of hydrogen-bond acceptors (Lipinski definition) is 4. The summed E-state index contributed by atoms with van der Waals surface area (Å²) in [6.45, 7) is 4.27. The first-order valence-electron chi connectivity index (χ1n) is 4.56. The molecule has 0 saturated carbocycles. The van der Waals surface area contributed by atoms with Crippen molar-refractivity contribution < 1.29 is 9.47 Å². The first-order chi connectivity index (χ1) is 6.85. The van der Waals surface area contributed by atoms with Crippen molar-refractivity contribution in [3.63, 3.8) is 0 Å². The highest BCUT2D eigenvalue weighted by molar-refractivity contribution is 4.59. The van der Waals surface area contributed by atoms with E-state index in [0.717, 1.165) is 19.6 Å². The smallest absolute Gasteiger partial charge is 0.0589 e. The van der Waals surface area contributed by atoms with Gasteiger partial charge in [0.25, 0.3) is 0 Å². The third-order valence-electron chi connectivity index (χ3n) is 1.80. The van der Waals surface area contributed by atoms with Gasteiger partial charge in [-0.25, -0.2) is 0 Å². The summed E-state index contributed by atoms with van der Waals surface area (Å²) >= 11 is 0. The van der Waals surface area contributed by atoms with E-state index in [1.54, 1.807) is 14.2 Å². The molecule has 0 aromatic carbocycles. The summed E-state index contributed by atoms with van der Waals surface area (Å²) in [6.07, 6.45) is 0. The molecule has 0 rings (SSSR count). The summed E-state index contributed by atoms with van der Waals surface area (Å²) in [7, 11) is 3.34.